The minimum absolute atomic E-state index is 0.0111. The molecule has 4 rings (SSSR count). The topological polar surface area (TPSA) is 80.3 Å². The summed E-state index contributed by atoms with van der Waals surface area (Å²) in [5.74, 6) is 0.226. The molecule has 0 aliphatic heterocycles. The van der Waals surface area contributed by atoms with Crippen molar-refractivity contribution in [3.63, 3.8) is 0 Å². The number of hydrogen-bond acceptors (Lipinski definition) is 4. The van der Waals surface area contributed by atoms with E-state index in [2.05, 4.69) is 15.6 Å². The van der Waals surface area contributed by atoms with Gasteiger partial charge in [-0.05, 0) is 60.9 Å². The molecule has 2 N–H and O–H groups in total. The summed E-state index contributed by atoms with van der Waals surface area (Å²) >= 11 is 0. The summed E-state index contributed by atoms with van der Waals surface area (Å²) in [5.41, 5.74) is 1.14. The van der Waals surface area contributed by atoms with E-state index in [-0.39, 0.29) is 23.6 Å². The molecule has 0 spiro atoms. The number of nitrogens with zero attached hydrogens (tertiary/aromatic N) is 1. The minimum atomic E-state index is -4.46. The highest BCUT2D eigenvalue weighted by atomic mass is 19.4. The largest absolute Gasteiger partial charge is 0.439 e. The van der Waals surface area contributed by atoms with E-state index in [4.69, 9.17) is 4.74 Å². The van der Waals surface area contributed by atoms with Crippen LogP contribution in [0.4, 0.5) is 18.9 Å². The molecule has 0 unspecified atom stereocenters. The van der Waals surface area contributed by atoms with Crippen molar-refractivity contribution in [1.82, 2.24) is 10.3 Å². The third-order valence-electron chi connectivity index (χ3n) is 5.03. The minimum Gasteiger partial charge on any atom is -0.439 e. The highest BCUT2D eigenvalue weighted by Gasteiger charge is 2.31. The molecule has 1 aliphatic carbocycles. The van der Waals surface area contributed by atoms with Gasteiger partial charge in [0.1, 0.15) is 5.75 Å². The van der Waals surface area contributed by atoms with Crippen LogP contribution in [0.3, 0.4) is 0 Å². The van der Waals surface area contributed by atoms with Crippen molar-refractivity contribution in [2.75, 3.05) is 5.32 Å². The molecule has 9 heteroatoms. The zero-order chi connectivity index (χ0) is 23.4. The van der Waals surface area contributed by atoms with Gasteiger partial charge in [-0.2, -0.15) is 13.2 Å². The summed E-state index contributed by atoms with van der Waals surface area (Å²) < 4.78 is 43.2. The molecule has 2 aromatic carbocycles. The number of nitrogens with one attached hydrogen (secondary N) is 2. The predicted molar refractivity (Wildman–Crippen MR) is 115 cm³/mol. The van der Waals surface area contributed by atoms with Crippen LogP contribution in [0.1, 0.15) is 34.3 Å². The molecule has 0 radical (unpaired) electrons. The number of pyridine rings is 1. The highest BCUT2D eigenvalue weighted by Crippen LogP contribution is 2.31. The normalized spacial score (nSPS) is 13.3. The van der Waals surface area contributed by atoms with Crippen molar-refractivity contribution in [3.8, 4) is 11.6 Å². The standard InChI is InChI=1S/C24H20F3N3O3/c25-24(26,27)18-7-12-21(28-14-18)33-20-10-5-16(6-11-20)22(31)29-13-15-1-8-19(9-2-15)30-23(32)17-3-4-17/h1-2,5-12,14,17H,3-4,13H2,(H,29,31)(H,30,32). The lowest BCUT2D eigenvalue weighted by Gasteiger charge is -2.09. The molecule has 0 bridgehead atoms. The summed E-state index contributed by atoms with van der Waals surface area (Å²) in [4.78, 5) is 27.8. The summed E-state index contributed by atoms with van der Waals surface area (Å²) in [6.45, 7) is 0.309. The molecule has 1 fully saturated rings. The second-order valence-corrected chi connectivity index (χ2v) is 7.65. The quantitative estimate of drug-likeness (QED) is 0.515. The number of amides is 2. The van der Waals surface area contributed by atoms with Gasteiger partial charge >= 0.3 is 6.18 Å². The van der Waals surface area contributed by atoms with Gasteiger partial charge in [0.15, 0.2) is 0 Å². The van der Waals surface area contributed by atoms with Crippen LogP contribution in [0.15, 0.2) is 66.9 Å². The molecule has 3 aromatic rings. The van der Waals surface area contributed by atoms with Gasteiger partial charge in [0, 0.05) is 36.0 Å². The van der Waals surface area contributed by atoms with E-state index in [1.54, 1.807) is 24.3 Å². The molecule has 1 heterocycles. The molecule has 1 aliphatic rings. The average molecular weight is 455 g/mol. The number of benzene rings is 2. The van der Waals surface area contributed by atoms with Gasteiger partial charge in [-0.25, -0.2) is 4.98 Å². The number of anilines is 1. The first-order valence-corrected chi connectivity index (χ1v) is 10.3. The van der Waals surface area contributed by atoms with Crippen molar-refractivity contribution in [2.24, 2.45) is 5.92 Å². The molecular formula is C24H20F3N3O3. The van der Waals surface area contributed by atoms with E-state index in [1.165, 1.54) is 12.1 Å². The molecule has 6 nitrogen and oxygen atoms in total. The molecule has 0 atom stereocenters. The van der Waals surface area contributed by atoms with Crippen molar-refractivity contribution in [3.05, 3.63) is 83.6 Å². The van der Waals surface area contributed by atoms with Crippen LogP contribution in [-0.4, -0.2) is 16.8 Å². The van der Waals surface area contributed by atoms with Gasteiger partial charge in [0.05, 0.1) is 5.56 Å². The van der Waals surface area contributed by atoms with Crippen LogP contribution in [0, 0.1) is 5.92 Å². The number of carbonyl (C=O) groups excluding carboxylic acids is 2. The molecule has 0 saturated heterocycles. The maximum absolute atomic E-state index is 12.6. The number of alkyl halides is 3. The summed E-state index contributed by atoms with van der Waals surface area (Å²) in [6.07, 6.45) is -1.89. The van der Waals surface area contributed by atoms with Crippen LogP contribution in [0.25, 0.3) is 0 Å². The Balaban J connectivity index is 1.28. The number of ether oxygens (including phenoxy) is 1. The van der Waals surface area contributed by atoms with Gasteiger partial charge < -0.3 is 15.4 Å². The van der Waals surface area contributed by atoms with Crippen molar-refractivity contribution < 1.29 is 27.5 Å². The van der Waals surface area contributed by atoms with E-state index in [9.17, 15) is 22.8 Å². The average Bonchev–Trinajstić information content (AvgIpc) is 3.64. The number of carbonyl (C=O) groups is 2. The predicted octanol–water partition coefficient (Wildman–Crippen LogP) is 5.17. The second-order valence-electron chi connectivity index (χ2n) is 7.65. The fourth-order valence-corrected chi connectivity index (χ4v) is 2.98. The number of rotatable bonds is 7. The Bertz CT molecular complexity index is 1120. The van der Waals surface area contributed by atoms with Crippen LogP contribution in [-0.2, 0) is 17.5 Å². The van der Waals surface area contributed by atoms with Gasteiger partial charge in [0.2, 0.25) is 11.8 Å². The number of halogens is 3. The summed E-state index contributed by atoms with van der Waals surface area (Å²) in [7, 11) is 0. The van der Waals surface area contributed by atoms with Gasteiger partial charge in [-0.3, -0.25) is 9.59 Å². The molecule has 1 aromatic heterocycles. The highest BCUT2D eigenvalue weighted by molar-refractivity contribution is 5.94. The Hall–Kier alpha value is -3.88. The lowest BCUT2D eigenvalue weighted by atomic mass is 10.1. The van der Waals surface area contributed by atoms with E-state index in [0.717, 1.165) is 36.2 Å². The zero-order valence-corrected chi connectivity index (χ0v) is 17.4. The van der Waals surface area contributed by atoms with Crippen molar-refractivity contribution in [1.29, 1.82) is 0 Å². The lowest BCUT2D eigenvalue weighted by molar-refractivity contribution is -0.137. The number of aromatic nitrogens is 1. The first-order chi connectivity index (χ1) is 15.8. The van der Waals surface area contributed by atoms with Gasteiger partial charge in [-0.15, -0.1) is 0 Å². The van der Waals surface area contributed by atoms with Crippen LogP contribution < -0.4 is 15.4 Å². The number of hydrogen-bond donors (Lipinski definition) is 2. The van der Waals surface area contributed by atoms with Crippen LogP contribution in [0.5, 0.6) is 11.6 Å². The van der Waals surface area contributed by atoms with E-state index in [0.29, 0.717) is 24.1 Å². The Labute approximate surface area is 187 Å². The fraction of sp³-hybridized carbons (Fsp3) is 0.208. The van der Waals surface area contributed by atoms with Gasteiger partial charge in [-0.1, -0.05) is 12.1 Å². The van der Waals surface area contributed by atoms with E-state index in [1.807, 2.05) is 12.1 Å². The van der Waals surface area contributed by atoms with Crippen LogP contribution >= 0.6 is 0 Å². The first-order valence-electron chi connectivity index (χ1n) is 10.3. The maximum atomic E-state index is 12.6. The Morgan fingerprint density at radius 2 is 1.67 bits per heavy atom. The second kappa shape index (κ2) is 9.32. The van der Waals surface area contributed by atoms with Gasteiger partial charge in [0.25, 0.3) is 5.91 Å². The summed E-state index contributed by atoms with van der Waals surface area (Å²) in [6, 6.07) is 15.4. The van der Waals surface area contributed by atoms with Crippen molar-refractivity contribution >= 4 is 17.5 Å². The van der Waals surface area contributed by atoms with Crippen LogP contribution in [0.2, 0.25) is 0 Å². The lowest BCUT2D eigenvalue weighted by Crippen LogP contribution is -2.22. The molecule has 1 saturated carbocycles. The third kappa shape index (κ3) is 6.09. The van der Waals surface area contributed by atoms with E-state index >= 15 is 0 Å². The van der Waals surface area contributed by atoms with E-state index < -0.39 is 11.7 Å². The SMILES string of the molecule is O=C(NCc1ccc(NC(=O)C2CC2)cc1)c1ccc(Oc2ccc(C(F)(F)F)cn2)cc1. The molecule has 33 heavy (non-hydrogen) atoms. The molecule has 2 amide bonds. The third-order valence-corrected chi connectivity index (χ3v) is 5.03. The molecule has 170 valence electrons. The Morgan fingerprint density at radius 3 is 2.24 bits per heavy atom. The summed E-state index contributed by atoms with van der Waals surface area (Å²) in [5, 5.41) is 5.67. The smallest absolute Gasteiger partial charge is 0.417 e. The Kier molecular flexibility index (Phi) is 6.30. The molecular weight excluding hydrogens is 435 g/mol. The van der Waals surface area contributed by atoms with Crippen molar-refractivity contribution in [2.45, 2.75) is 25.6 Å². The maximum Gasteiger partial charge on any atom is 0.417 e. The fourth-order valence-electron chi connectivity index (χ4n) is 2.98. The monoisotopic (exact) mass is 455 g/mol. The first kappa shape index (κ1) is 22.3. The Morgan fingerprint density at radius 1 is 0.970 bits per heavy atom. The zero-order valence-electron chi connectivity index (χ0n) is 17.4.